The molecule has 0 aromatic carbocycles. The Labute approximate surface area is 127 Å². The van der Waals surface area contributed by atoms with Crippen molar-refractivity contribution in [3.05, 3.63) is 39.1 Å². The van der Waals surface area contributed by atoms with Gasteiger partial charge in [-0.3, -0.25) is 4.68 Å². The maximum absolute atomic E-state index is 5.78. The van der Waals surface area contributed by atoms with Gasteiger partial charge in [0.2, 0.25) is 0 Å². The van der Waals surface area contributed by atoms with Crippen molar-refractivity contribution < 1.29 is 4.42 Å². The van der Waals surface area contributed by atoms with Crippen molar-refractivity contribution in [3.63, 3.8) is 0 Å². The van der Waals surface area contributed by atoms with Gasteiger partial charge >= 0.3 is 0 Å². The smallest absolute Gasteiger partial charge is 0.118 e. The minimum absolute atomic E-state index is 0.0962. The van der Waals surface area contributed by atoms with Gasteiger partial charge in [0.05, 0.1) is 22.9 Å². The van der Waals surface area contributed by atoms with E-state index in [1.54, 1.807) is 0 Å². The molecule has 0 radical (unpaired) electrons. The van der Waals surface area contributed by atoms with Crippen LogP contribution in [-0.2, 0) is 13.1 Å². The van der Waals surface area contributed by atoms with Crippen molar-refractivity contribution in [1.82, 2.24) is 15.1 Å². The lowest BCUT2D eigenvalue weighted by Gasteiger charge is -2.19. The zero-order valence-corrected chi connectivity index (χ0v) is 14.0. The molecule has 19 heavy (non-hydrogen) atoms. The third kappa shape index (κ3) is 4.35. The average molecular weight is 373 g/mol. The summed E-state index contributed by atoms with van der Waals surface area (Å²) in [6.07, 6.45) is 3.89. The lowest BCUT2D eigenvalue weighted by atomic mass is 10.1. The van der Waals surface area contributed by atoms with Gasteiger partial charge < -0.3 is 9.73 Å². The van der Waals surface area contributed by atoms with E-state index in [1.165, 1.54) is 5.56 Å². The maximum atomic E-state index is 5.78. The van der Waals surface area contributed by atoms with Crippen LogP contribution in [0, 0.1) is 10.5 Å². The van der Waals surface area contributed by atoms with E-state index in [-0.39, 0.29) is 5.54 Å². The zero-order chi connectivity index (χ0) is 14.0. The SMILES string of the molecule is Cc1oc(CNC(C)(C)C)cc1Cn1cc(I)cn1. The molecule has 2 aromatic heterocycles. The topological polar surface area (TPSA) is 43.0 Å². The second-order valence-electron chi connectivity index (χ2n) is 5.75. The highest BCUT2D eigenvalue weighted by molar-refractivity contribution is 14.1. The number of hydrogen-bond donors (Lipinski definition) is 1. The van der Waals surface area contributed by atoms with Gasteiger partial charge in [0, 0.05) is 17.3 Å². The Kier molecular flexibility index (Phi) is 4.35. The van der Waals surface area contributed by atoms with Gasteiger partial charge in [0.25, 0.3) is 0 Å². The summed E-state index contributed by atoms with van der Waals surface area (Å²) in [5.41, 5.74) is 1.28. The summed E-state index contributed by atoms with van der Waals surface area (Å²) in [5, 5.41) is 7.73. The summed E-state index contributed by atoms with van der Waals surface area (Å²) >= 11 is 2.26. The van der Waals surface area contributed by atoms with E-state index in [4.69, 9.17) is 4.42 Å². The molecule has 0 unspecified atom stereocenters. The predicted molar refractivity (Wildman–Crippen MR) is 84.1 cm³/mol. The third-order valence-corrected chi connectivity index (χ3v) is 3.36. The number of rotatable bonds is 4. The van der Waals surface area contributed by atoms with Crippen LogP contribution in [0.1, 0.15) is 37.9 Å². The molecule has 0 spiro atoms. The Hall–Kier alpha value is -0.820. The van der Waals surface area contributed by atoms with Crippen molar-refractivity contribution in [1.29, 1.82) is 0 Å². The van der Waals surface area contributed by atoms with Crippen molar-refractivity contribution in [2.24, 2.45) is 0 Å². The van der Waals surface area contributed by atoms with Gasteiger partial charge in [0.15, 0.2) is 0 Å². The van der Waals surface area contributed by atoms with Crippen LogP contribution in [0.3, 0.4) is 0 Å². The van der Waals surface area contributed by atoms with Crippen LogP contribution < -0.4 is 5.32 Å². The van der Waals surface area contributed by atoms with Crippen molar-refractivity contribution in [3.8, 4) is 0 Å². The van der Waals surface area contributed by atoms with Crippen LogP contribution >= 0.6 is 22.6 Å². The molecule has 0 saturated carbocycles. The maximum Gasteiger partial charge on any atom is 0.118 e. The lowest BCUT2D eigenvalue weighted by molar-refractivity contribution is 0.382. The highest BCUT2D eigenvalue weighted by atomic mass is 127. The van der Waals surface area contributed by atoms with Gasteiger partial charge in [-0.05, 0) is 56.4 Å². The fourth-order valence-electron chi connectivity index (χ4n) is 1.78. The molecule has 0 aliphatic carbocycles. The summed E-state index contributed by atoms with van der Waals surface area (Å²) in [4.78, 5) is 0. The summed E-state index contributed by atoms with van der Waals surface area (Å²) in [6, 6.07) is 2.11. The molecule has 104 valence electrons. The first kappa shape index (κ1) is 14.6. The van der Waals surface area contributed by atoms with Gasteiger partial charge in [0.1, 0.15) is 11.5 Å². The Morgan fingerprint density at radius 2 is 2.16 bits per heavy atom. The Morgan fingerprint density at radius 1 is 1.42 bits per heavy atom. The van der Waals surface area contributed by atoms with E-state index in [0.29, 0.717) is 0 Å². The molecular formula is C14H20IN3O. The lowest BCUT2D eigenvalue weighted by Crippen LogP contribution is -2.34. The van der Waals surface area contributed by atoms with Gasteiger partial charge in [-0.15, -0.1) is 0 Å². The average Bonchev–Trinajstić information content (AvgIpc) is 2.83. The number of halogens is 1. The molecular weight excluding hydrogens is 353 g/mol. The molecule has 0 atom stereocenters. The summed E-state index contributed by atoms with van der Waals surface area (Å²) in [5.74, 6) is 1.94. The number of hydrogen-bond acceptors (Lipinski definition) is 3. The monoisotopic (exact) mass is 373 g/mol. The van der Waals surface area contributed by atoms with E-state index in [0.717, 1.165) is 28.2 Å². The molecule has 1 N–H and O–H groups in total. The van der Waals surface area contributed by atoms with Crippen molar-refractivity contribution >= 4 is 22.6 Å². The van der Waals surface area contributed by atoms with Crippen LogP contribution in [-0.4, -0.2) is 15.3 Å². The van der Waals surface area contributed by atoms with Crippen molar-refractivity contribution in [2.75, 3.05) is 0 Å². The molecule has 2 rings (SSSR count). The largest absolute Gasteiger partial charge is 0.465 e. The van der Waals surface area contributed by atoms with Gasteiger partial charge in [-0.25, -0.2) is 0 Å². The fraction of sp³-hybridized carbons (Fsp3) is 0.500. The number of nitrogens with zero attached hydrogens (tertiary/aromatic N) is 2. The standard InChI is InChI=1S/C14H20IN3O/c1-10-11(8-18-9-12(15)6-17-18)5-13(19-10)7-16-14(2,3)4/h5-6,9,16H,7-8H2,1-4H3. The Morgan fingerprint density at radius 3 is 2.74 bits per heavy atom. The van der Waals surface area contributed by atoms with Crippen molar-refractivity contribution in [2.45, 2.75) is 46.3 Å². The Balaban J connectivity index is 2.04. The molecule has 2 aromatic rings. The van der Waals surface area contributed by atoms with Gasteiger partial charge in [-0.1, -0.05) is 0 Å². The molecule has 0 aliphatic rings. The van der Waals surface area contributed by atoms with Crippen LogP contribution in [0.5, 0.6) is 0 Å². The molecule has 4 nitrogen and oxygen atoms in total. The molecule has 0 fully saturated rings. The third-order valence-electron chi connectivity index (χ3n) is 2.80. The molecule has 0 saturated heterocycles. The van der Waals surface area contributed by atoms with Crippen LogP contribution in [0.25, 0.3) is 0 Å². The second kappa shape index (κ2) is 5.66. The minimum atomic E-state index is 0.0962. The van der Waals surface area contributed by atoms with E-state index in [1.807, 2.05) is 24.0 Å². The predicted octanol–water partition coefficient (Wildman–Crippen LogP) is 3.33. The number of nitrogens with one attached hydrogen (secondary N) is 1. The summed E-state index contributed by atoms with van der Waals surface area (Å²) < 4.78 is 8.86. The van der Waals surface area contributed by atoms with Crippen LogP contribution in [0.2, 0.25) is 0 Å². The first-order valence-corrected chi connectivity index (χ1v) is 7.42. The van der Waals surface area contributed by atoms with Crippen LogP contribution in [0.4, 0.5) is 0 Å². The van der Waals surface area contributed by atoms with Crippen LogP contribution in [0.15, 0.2) is 22.9 Å². The zero-order valence-electron chi connectivity index (χ0n) is 11.8. The normalized spacial score (nSPS) is 12.1. The number of furan rings is 1. The molecule has 5 heteroatoms. The minimum Gasteiger partial charge on any atom is -0.465 e. The molecule has 0 bridgehead atoms. The molecule has 2 heterocycles. The molecule has 0 amide bonds. The first-order chi connectivity index (χ1) is 8.83. The van der Waals surface area contributed by atoms with E-state index >= 15 is 0 Å². The van der Waals surface area contributed by atoms with E-state index in [2.05, 4.69) is 59.8 Å². The Bertz CT molecular complexity index is 551. The number of aryl methyl sites for hydroxylation is 1. The van der Waals surface area contributed by atoms with Gasteiger partial charge in [-0.2, -0.15) is 5.10 Å². The second-order valence-corrected chi connectivity index (χ2v) is 7.00. The number of aromatic nitrogens is 2. The highest BCUT2D eigenvalue weighted by Crippen LogP contribution is 2.17. The van der Waals surface area contributed by atoms with E-state index < -0.39 is 0 Å². The quantitative estimate of drug-likeness (QED) is 0.837. The summed E-state index contributed by atoms with van der Waals surface area (Å²) in [7, 11) is 0. The highest BCUT2D eigenvalue weighted by Gasteiger charge is 2.12. The molecule has 0 aliphatic heterocycles. The summed E-state index contributed by atoms with van der Waals surface area (Å²) in [6.45, 7) is 9.96. The fourth-order valence-corrected chi connectivity index (χ4v) is 2.23. The first-order valence-electron chi connectivity index (χ1n) is 6.35. The van der Waals surface area contributed by atoms with E-state index in [9.17, 15) is 0 Å².